The second-order valence-corrected chi connectivity index (χ2v) is 6.20. The van der Waals surface area contributed by atoms with Crippen LogP contribution in [0, 0.1) is 0 Å². The van der Waals surface area contributed by atoms with Crippen LogP contribution in [0.25, 0.3) is 0 Å². The molecule has 2 rings (SSSR count). The van der Waals surface area contributed by atoms with Gasteiger partial charge >= 0.3 is 6.09 Å². The third-order valence-electron chi connectivity index (χ3n) is 4.01. The van der Waals surface area contributed by atoms with E-state index in [0.717, 1.165) is 11.1 Å². The Morgan fingerprint density at radius 2 is 1.50 bits per heavy atom. The van der Waals surface area contributed by atoms with Crippen LogP contribution in [0.3, 0.4) is 0 Å². The molecule has 2 aromatic carbocycles. The molecule has 2 aromatic rings. The van der Waals surface area contributed by atoms with Crippen molar-refractivity contribution in [2.75, 3.05) is 0 Å². The highest BCUT2D eigenvalue weighted by Crippen LogP contribution is 2.06. The summed E-state index contributed by atoms with van der Waals surface area (Å²) in [6, 6.07) is 16.3. The smallest absolute Gasteiger partial charge is 0.408 e. The molecule has 0 bridgehead atoms. The van der Waals surface area contributed by atoms with E-state index >= 15 is 0 Å². The number of hydrogen-bond donors (Lipinski definition) is 2. The Bertz CT molecular complexity index is 808. The molecular formula is C21H22N2O5. The van der Waals surface area contributed by atoms with Gasteiger partial charge in [-0.15, -0.1) is 0 Å². The van der Waals surface area contributed by atoms with Crippen LogP contribution in [-0.4, -0.2) is 36.2 Å². The Morgan fingerprint density at radius 3 is 2.07 bits per heavy atom. The van der Waals surface area contributed by atoms with Gasteiger partial charge in [0.25, 0.3) is 0 Å². The number of carbonyl (C=O) groups is 4. The van der Waals surface area contributed by atoms with Gasteiger partial charge in [0, 0.05) is 6.42 Å². The molecule has 7 nitrogen and oxygen atoms in total. The van der Waals surface area contributed by atoms with Crippen molar-refractivity contribution in [3.05, 3.63) is 71.8 Å². The number of aldehydes is 1. The van der Waals surface area contributed by atoms with Gasteiger partial charge in [0.05, 0.1) is 6.04 Å². The lowest BCUT2D eigenvalue weighted by Crippen LogP contribution is -2.52. The summed E-state index contributed by atoms with van der Waals surface area (Å²) in [5.74, 6) is -1.33. The van der Waals surface area contributed by atoms with Crippen LogP contribution in [0.1, 0.15) is 18.1 Å². The standard InChI is InChI=1S/C21H22N2O5/c1-15(19(25)13-24)22-20(26)18(12-16-8-4-2-5-9-16)23-21(27)28-14-17-10-6-3-7-11-17/h2-11,13,15,18H,12,14H2,1H3,(H,22,26)(H,23,27)/t15-,18+/m1/s1. The fourth-order valence-corrected chi connectivity index (χ4v) is 2.45. The summed E-state index contributed by atoms with van der Waals surface area (Å²) < 4.78 is 5.17. The minimum Gasteiger partial charge on any atom is -0.445 e. The first-order valence-corrected chi connectivity index (χ1v) is 8.80. The predicted molar refractivity (Wildman–Crippen MR) is 102 cm³/mol. The number of benzene rings is 2. The van der Waals surface area contributed by atoms with E-state index in [1.54, 1.807) is 0 Å². The maximum absolute atomic E-state index is 12.5. The normalized spacial score (nSPS) is 12.3. The fraction of sp³-hybridized carbons (Fsp3) is 0.238. The van der Waals surface area contributed by atoms with Crippen molar-refractivity contribution in [3.8, 4) is 0 Å². The molecule has 28 heavy (non-hydrogen) atoms. The van der Waals surface area contributed by atoms with Crippen LogP contribution in [-0.2, 0) is 32.1 Å². The molecule has 0 aliphatic heterocycles. The Kier molecular flexibility index (Phi) is 7.90. The lowest BCUT2D eigenvalue weighted by Gasteiger charge is -2.20. The van der Waals surface area contributed by atoms with Crippen LogP contribution >= 0.6 is 0 Å². The number of nitrogens with one attached hydrogen (secondary N) is 2. The number of alkyl carbamates (subject to hydrolysis) is 1. The van der Waals surface area contributed by atoms with E-state index in [9.17, 15) is 19.2 Å². The minimum atomic E-state index is -0.981. The fourth-order valence-electron chi connectivity index (χ4n) is 2.45. The number of rotatable bonds is 9. The molecule has 2 atom stereocenters. The molecule has 2 N–H and O–H groups in total. The van der Waals surface area contributed by atoms with Gasteiger partial charge in [-0.05, 0) is 18.1 Å². The second-order valence-electron chi connectivity index (χ2n) is 6.20. The van der Waals surface area contributed by atoms with E-state index in [1.165, 1.54) is 6.92 Å². The molecule has 0 aromatic heterocycles. The first-order chi connectivity index (χ1) is 13.5. The summed E-state index contributed by atoms with van der Waals surface area (Å²) in [5.41, 5.74) is 1.63. The van der Waals surface area contributed by atoms with Crippen LogP contribution in [0.15, 0.2) is 60.7 Å². The molecule has 0 saturated carbocycles. The first kappa shape index (κ1) is 20.8. The predicted octanol–water partition coefficient (Wildman–Crippen LogP) is 1.80. The van der Waals surface area contributed by atoms with Crippen molar-refractivity contribution in [3.63, 3.8) is 0 Å². The van der Waals surface area contributed by atoms with Gasteiger partial charge in [-0.25, -0.2) is 4.79 Å². The quantitative estimate of drug-likeness (QED) is 0.509. The summed E-state index contributed by atoms with van der Waals surface area (Å²) in [5, 5.41) is 4.97. The number of ether oxygens (including phenoxy) is 1. The van der Waals surface area contributed by atoms with E-state index in [-0.39, 0.29) is 19.3 Å². The Balaban J connectivity index is 2.02. The lowest BCUT2D eigenvalue weighted by atomic mass is 10.0. The molecule has 0 aliphatic rings. The highest BCUT2D eigenvalue weighted by molar-refractivity contribution is 6.27. The van der Waals surface area contributed by atoms with Gasteiger partial charge in [-0.2, -0.15) is 0 Å². The van der Waals surface area contributed by atoms with Crippen molar-refractivity contribution >= 4 is 24.1 Å². The number of carbonyl (C=O) groups excluding carboxylic acids is 4. The first-order valence-electron chi connectivity index (χ1n) is 8.80. The topological polar surface area (TPSA) is 102 Å². The van der Waals surface area contributed by atoms with E-state index in [4.69, 9.17) is 4.74 Å². The zero-order chi connectivity index (χ0) is 20.4. The third kappa shape index (κ3) is 6.68. The van der Waals surface area contributed by atoms with Crippen molar-refractivity contribution < 1.29 is 23.9 Å². The maximum atomic E-state index is 12.5. The monoisotopic (exact) mass is 382 g/mol. The van der Waals surface area contributed by atoms with Crippen LogP contribution in [0.4, 0.5) is 4.79 Å². The summed E-state index contributed by atoms with van der Waals surface area (Å²) in [6.45, 7) is 1.47. The van der Waals surface area contributed by atoms with E-state index in [2.05, 4.69) is 10.6 Å². The zero-order valence-electron chi connectivity index (χ0n) is 15.5. The van der Waals surface area contributed by atoms with E-state index in [1.807, 2.05) is 60.7 Å². The molecule has 0 heterocycles. The number of amides is 2. The SMILES string of the molecule is C[C@@H](NC(=O)[C@H](Cc1ccccc1)NC(=O)OCc1ccccc1)C(=O)C=O. The van der Waals surface area contributed by atoms with Crippen LogP contribution in [0.5, 0.6) is 0 Å². The summed E-state index contributed by atoms with van der Waals surface area (Å²) in [7, 11) is 0. The number of hydrogen-bond acceptors (Lipinski definition) is 5. The summed E-state index contributed by atoms with van der Waals surface area (Å²) in [6.07, 6.45) is -0.400. The van der Waals surface area contributed by atoms with Gasteiger partial charge < -0.3 is 15.4 Å². The van der Waals surface area contributed by atoms with Crippen LogP contribution < -0.4 is 10.6 Å². The average molecular weight is 382 g/mol. The van der Waals surface area contributed by atoms with Crippen molar-refractivity contribution in [2.45, 2.75) is 32.0 Å². The number of Topliss-reactive ketones (excluding diaryl/α,β-unsaturated/α-hetero) is 1. The molecule has 2 amide bonds. The highest BCUT2D eigenvalue weighted by Gasteiger charge is 2.25. The van der Waals surface area contributed by atoms with Crippen molar-refractivity contribution in [1.29, 1.82) is 0 Å². The Labute approximate surface area is 163 Å². The summed E-state index contributed by atoms with van der Waals surface area (Å²) in [4.78, 5) is 46.7. The molecule has 0 saturated heterocycles. The zero-order valence-corrected chi connectivity index (χ0v) is 15.5. The van der Waals surface area contributed by atoms with Gasteiger partial charge in [0.1, 0.15) is 12.6 Å². The number of ketones is 1. The van der Waals surface area contributed by atoms with E-state index in [0.29, 0.717) is 0 Å². The molecule has 0 fully saturated rings. The lowest BCUT2D eigenvalue weighted by molar-refractivity contribution is -0.133. The van der Waals surface area contributed by atoms with Gasteiger partial charge in [0.15, 0.2) is 6.29 Å². The molecule has 0 unspecified atom stereocenters. The van der Waals surface area contributed by atoms with Crippen LogP contribution in [0.2, 0.25) is 0 Å². The van der Waals surface area contributed by atoms with E-state index < -0.39 is 29.9 Å². The maximum Gasteiger partial charge on any atom is 0.408 e. The Morgan fingerprint density at radius 1 is 0.929 bits per heavy atom. The van der Waals surface area contributed by atoms with Gasteiger partial charge in [-0.3, -0.25) is 14.4 Å². The molecule has 0 aliphatic carbocycles. The highest BCUT2D eigenvalue weighted by atomic mass is 16.5. The minimum absolute atomic E-state index is 0.0619. The largest absolute Gasteiger partial charge is 0.445 e. The molecule has 146 valence electrons. The average Bonchev–Trinajstić information content (AvgIpc) is 2.72. The molecule has 0 spiro atoms. The molecule has 7 heteroatoms. The third-order valence-corrected chi connectivity index (χ3v) is 4.01. The van der Waals surface area contributed by atoms with Gasteiger partial charge in [-0.1, -0.05) is 60.7 Å². The second kappa shape index (κ2) is 10.6. The van der Waals surface area contributed by atoms with Gasteiger partial charge in [0.2, 0.25) is 11.7 Å². The summed E-state index contributed by atoms with van der Waals surface area (Å²) >= 11 is 0. The molecular weight excluding hydrogens is 360 g/mol. The Hall–Kier alpha value is -3.48. The van der Waals surface area contributed by atoms with Crippen molar-refractivity contribution in [1.82, 2.24) is 10.6 Å². The molecule has 0 radical (unpaired) electrons. The van der Waals surface area contributed by atoms with Crippen molar-refractivity contribution in [2.24, 2.45) is 0 Å².